The van der Waals surface area contributed by atoms with Gasteiger partial charge in [-0.25, -0.2) is 0 Å². The summed E-state index contributed by atoms with van der Waals surface area (Å²) < 4.78 is 16.9. The van der Waals surface area contributed by atoms with Crippen LogP contribution in [0.4, 0.5) is 0 Å². The summed E-state index contributed by atoms with van der Waals surface area (Å²) in [7, 11) is 0. The van der Waals surface area contributed by atoms with Crippen molar-refractivity contribution in [2.45, 2.75) is 43.0 Å². The molecule has 5 N–H and O–H groups in total. The SMILES string of the molecule is OC[C@H]1OC(Oc2ccc3c(c2)OC[C@H](c2ccc(O)cc2)C3)[C@H](O)[C@@H](O)[C@@H]1O. The highest BCUT2D eigenvalue weighted by molar-refractivity contribution is 5.44. The van der Waals surface area contributed by atoms with Crippen LogP contribution in [-0.2, 0) is 11.2 Å². The molecule has 29 heavy (non-hydrogen) atoms. The van der Waals surface area contributed by atoms with Gasteiger partial charge in [0.2, 0.25) is 6.29 Å². The summed E-state index contributed by atoms with van der Waals surface area (Å²) in [5.74, 6) is 1.42. The minimum absolute atomic E-state index is 0.167. The molecule has 8 heteroatoms. The van der Waals surface area contributed by atoms with Gasteiger partial charge in [-0.15, -0.1) is 0 Å². The largest absolute Gasteiger partial charge is 0.508 e. The topological polar surface area (TPSA) is 129 Å². The van der Waals surface area contributed by atoms with Crippen LogP contribution in [0.2, 0.25) is 0 Å². The summed E-state index contributed by atoms with van der Waals surface area (Å²) in [6.07, 6.45) is -5.90. The van der Waals surface area contributed by atoms with Crippen molar-refractivity contribution in [3.05, 3.63) is 53.6 Å². The van der Waals surface area contributed by atoms with Gasteiger partial charge in [-0.2, -0.15) is 0 Å². The van der Waals surface area contributed by atoms with Crippen LogP contribution < -0.4 is 9.47 Å². The molecular weight excluding hydrogens is 380 g/mol. The molecule has 0 amide bonds. The second kappa shape index (κ2) is 8.17. The number of hydrogen-bond acceptors (Lipinski definition) is 8. The van der Waals surface area contributed by atoms with Gasteiger partial charge >= 0.3 is 0 Å². The molecule has 2 heterocycles. The Hall–Kier alpha value is -2.36. The first-order chi connectivity index (χ1) is 14.0. The number of phenolic OH excluding ortho intramolecular Hbond substituents is 1. The van der Waals surface area contributed by atoms with E-state index < -0.39 is 37.3 Å². The number of ether oxygens (including phenoxy) is 3. The van der Waals surface area contributed by atoms with Gasteiger partial charge in [-0.05, 0) is 35.7 Å². The van der Waals surface area contributed by atoms with Gasteiger partial charge in [-0.3, -0.25) is 0 Å². The lowest BCUT2D eigenvalue weighted by Crippen LogP contribution is -2.60. The summed E-state index contributed by atoms with van der Waals surface area (Å²) in [6, 6.07) is 12.3. The van der Waals surface area contributed by atoms with Crippen molar-refractivity contribution in [3.8, 4) is 17.2 Å². The van der Waals surface area contributed by atoms with Gasteiger partial charge in [0.25, 0.3) is 0 Å². The van der Waals surface area contributed by atoms with E-state index in [4.69, 9.17) is 14.2 Å². The van der Waals surface area contributed by atoms with E-state index in [0.29, 0.717) is 18.1 Å². The van der Waals surface area contributed by atoms with E-state index in [1.807, 2.05) is 18.2 Å². The van der Waals surface area contributed by atoms with Gasteiger partial charge in [0.1, 0.15) is 41.7 Å². The van der Waals surface area contributed by atoms with Crippen molar-refractivity contribution < 1.29 is 39.7 Å². The van der Waals surface area contributed by atoms with E-state index in [1.165, 1.54) is 0 Å². The summed E-state index contributed by atoms with van der Waals surface area (Å²) >= 11 is 0. The first-order valence-electron chi connectivity index (χ1n) is 9.48. The van der Waals surface area contributed by atoms with Crippen LogP contribution in [0, 0.1) is 0 Å². The van der Waals surface area contributed by atoms with Crippen LogP contribution in [0.3, 0.4) is 0 Å². The van der Waals surface area contributed by atoms with E-state index in [9.17, 15) is 25.5 Å². The van der Waals surface area contributed by atoms with E-state index in [1.54, 1.807) is 24.3 Å². The minimum atomic E-state index is -1.49. The number of aliphatic hydroxyl groups is 4. The molecule has 2 aromatic carbocycles. The summed E-state index contributed by atoms with van der Waals surface area (Å²) in [6.45, 7) is -0.0436. The lowest BCUT2D eigenvalue weighted by Gasteiger charge is -2.39. The van der Waals surface area contributed by atoms with Crippen LogP contribution in [0.15, 0.2) is 42.5 Å². The molecule has 1 unspecified atom stereocenters. The zero-order valence-corrected chi connectivity index (χ0v) is 15.6. The quantitative estimate of drug-likeness (QED) is 0.492. The van der Waals surface area contributed by atoms with Crippen LogP contribution >= 0.6 is 0 Å². The monoisotopic (exact) mass is 404 g/mol. The number of fused-ring (bicyclic) bond motifs is 1. The smallest absolute Gasteiger partial charge is 0.229 e. The minimum Gasteiger partial charge on any atom is -0.508 e. The van der Waals surface area contributed by atoms with Crippen molar-refractivity contribution in [1.82, 2.24) is 0 Å². The third kappa shape index (κ3) is 4.03. The average molecular weight is 404 g/mol. The van der Waals surface area contributed by atoms with Gasteiger partial charge in [0, 0.05) is 12.0 Å². The summed E-state index contributed by atoms with van der Waals surface area (Å²) in [5.41, 5.74) is 2.07. The third-order valence-electron chi connectivity index (χ3n) is 5.41. The van der Waals surface area contributed by atoms with Gasteiger partial charge in [0.15, 0.2) is 0 Å². The highest BCUT2D eigenvalue weighted by Gasteiger charge is 2.44. The van der Waals surface area contributed by atoms with Gasteiger partial charge in [-0.1, -0.05) is 18.2 Å². The van der Waals surface area contributed by atoms with Crippen LogP contribution in [0.25, 0.3) is 0 Å². The molecule has 8 nitrogen and oxygen atoms in total. The Morgan fingerprint density at radius 1 is 0.966 bits per heavy atom. The molecule has 0 aliphatic carbocycles. The van der Waals surface area contributed by atoms with Crippen LogP contribution in [-0.4, -0.2) is 69.5 Å². The normalized spacial score (nSPS) is 31.6. The maximum Gasteiger partial charge on any atom is 0.229 e. The summed E-state index contributed by atoms with van der Waals surface area (Å²) in [4.78, 5) is 0. The fourth-order valence-electron chi connectivity index (χ4n) is 3.69. The van der Waals surface area contributed by atoms with Gasteiger partial charge in [0.05, 0.1) is 13.2 Å². The lowest BCUT2D eigenvalue weighted by molar-refractivity contribution is -0.277. The molecule has 0 radical (unpaired) electrons. The molecule has 2 aromatic rings. The fourth-order valence-corrected chi connectivity index (χ4v) is 3.69. The molecule has 2 aliphatic rings. The van der Waals surface area contributed by atoms with E-state index in [2.05, 4.69) is 0 Å². The Labute approximate surface area is 167 Å². The number of rotatable bonds is 4. The van der Waals surface area contributed by atoms with Crippen molar-refractivity contribution in [1.29, 1.82) is 0 Å². The second-order valence-electron chi connectivity index (χ2n) is 7.39. The number of aromatic hydroxyl groups is 1. The van der Waals surface area contributed by atoms with Crippen molar-refractivity contribution in [2.75, 3.05) is 13.2 Å². The molecule has 0 spiro atoms. The molecule has 0 aromatic heterocycles. The molecule has 2 aliphatic heterocycles. The predicted molar refractivity (Wildman–Crippen MR) is 101 cm³/mol. The molecule has 156 valence electrons. The molecule has 6 atom stereocenters. The third-order valence-corrected chi connectivity index (χ3v) is 5.41. The van der Waals surface area contributed by atoms with E-state index >= 15 is 0 Å². The highest BCUT2D eigenvalue weighted by Crippen LogP contribution is 2.36. The Morgan fingerprint density at radius 2 is 1.72 bits per heavy atom. The van der Waals surface area contributed by atoms with Crippen molar-refractivity contribution >= 4 is 0 Å². The Balaban J connectivity index is 1.46. The number of benzene rings is 2. The van der Waals surface area contributed by atoms with Crippen LogP contribution in [0.1, 0.15) is 17.0 Å². The van der Waals surface area contributed by atoms with Gasteiger partial charge < -0.3 is 39.7 Å². The zero-order chi connectivity index (χ0) is 20.5. The highest BCUT2D eigenvalue weighted by atomic mass is 16.7. The van der Waals surface area contributed by atoms with E-state index in [-0.39, 0.29) is 11.7 Å². The van der Waals surface area contributed by atoms with Crippen LogP contribution in [0.5, 0.6) is 17.2 Å². The average Bonchev–Trinajstić information content (AvgIpc) is 2.74. The lowest BCUT2D eigenvalue weighted by atomic mass is 9.90. The number of phenols is 1. The predicted octanol–water partition coefficient (Wildman–Crippen LogP) is 0.290. The maximum atomic E-state index is 10.1. The molecule has 0 bridgehead atoms. The fraction of sp³-hybridized carbons (Fsp3) is 0.429. The van der Waals surface area contributed by atoms with E-state index in [0.717, 1.165) is 17.5 Å². The number of aliphatic hydroxyl groups excluding tert-OH is 4. The Morgan fingerprint density at radius 3 is 2.45 bits per heavy atom. The zero-order valence-electron chi connectivity index (χ0n) is 15.6. The summed E-state index contributed by atoms with van der Waals surface area (Å²) in [5, 5.41) is 48.6. The Kier molecular flexibility index (Phi) is 5.62. The van der Waals surface area contributed by atoms with Crippen molar-refractivity contribution in [3.63, 3.8) is 0 Å². The molecular formula is C21H24O8. The molecule has 4 rings (SSSR count). The Bertz CT molecular complexity index is 837. The standard InChI is InChI=1S/C21H24O8/c22-9-17-18(24)19(25)20(26)21(29-17)28-15-6-3-12-7-13(10-27-16(12)8-15)11-1-4-14(23)5-2-11/h1-6,8,13,17-26H,7,9-10H2/t13-,17-,18-,19+,20-,21?/m1/s1. The molecule has 1 fully saturated rings. The second-order valence-corrected chi connectivity index (χ2v) is 7.39. The maximum absolute atomic E-state index is 10.1. The van der Waals surface area contributed by atoms with Crippen molar-refractivity contribution in [2.24, 2.45) is 0 Å². The molecule has 1 saturated heterocycles. The number of hydrogen-bond donors (Lipinski definition) is 5. The first kappa shape index (κ1) is 19.9. The molecule has 0 saturated carbocycles. The first-order valence-corrected chi connectivity index (χ1v) is 9.48.